The lowest BCUT2D eigenvalue weighted by Crippen LogP contribution is -2.50. The number of esters is 2. The predicted molar refractivity (Wildman–Crippen MR) is 293 cm³/mol. The Morgan fingerprint density at radius 1 is 0.435 bits per heavy atom. The number of hydrogen-bond donors (Lipinski definition) is 1. The average Bonchev–Trinajstić information content (AvgIpc) is 3.31. The van der Waals surface area contributed by atoms with E-state index in [2.05, 4.69) is 148 Å². The molecule has 2 atom stereocenters. The fourth-order valence-electron chi connectivity index (χ4n) is 7.00. The number of nitrogens with zero attached hydrogens (tertiary/aromatic N) is 1. The van der Waals surface area contributed by atoms with Crippen LogP contribution in [0.25, 0.3) is 0 Å². The normalized spacial score (nSPS) is 13.9. The minimum atomic E-state index is -0.887. The molecule has 0 aromatic carbocycles. The molecule has 69 heavy (non-hydrogen) atoms. The number of carboxylic acid groups (broad SMARTS) is 1. The van der Waals surface area contributed by atoms with E-state index in [9.17, 15) is 19.5 Å². The Kier molecular flexibility index (Phi) is 46.6. The third kappa shape index (κ3) is 48.3. The van der Waals surface area contributed by atoms with Gasteiger partial charge in [0, 0.05) is 19.3 Å². The number of quaternary nitrogens is 1. The molecule has 0 fully saturated rings. The molecule has 0 spiro atoms. The highest BCUT2D eigenvalue weighted by Crippen LogP contribution is 2.13. The van der Waals surface area contributed by atoms with Crippen LogP contribution in [0.4, 0.5) is 0 Å². The number of hydrogen-bond acceptors (Lipinski definition) is 6. The van der Waals surface area contributed by atoms with E-state index in [1.807, 2.05) is 21.1 Å². The molecular weight excluding hydrogens is 859 g/mol. The van der Waals surface area contributed by atoms with Gasteiger partial charge in [-0.1, -0.05) is 186 Å². The molecule has 0 aliphatic carbocycles. The smallest absolute Gasteiger partial charge is 0.362 e. The number of carbonyl (C=O) groups is 3. The lowest BCUT2D eigenvalue weighted by molar-refractivity contribution is -0.887. The summed E-state index contributed by atoms with van der Waals surface area (Å²) in [7, 11) is 5.51. The maximum atomic E-state index is 12.8. The van der Waals surface area contributed by atoms with Crippen LogP contribution < -0.4 is 0 Å². The van der Waals surface area contributed by atoms with Gasteiger partial charge in [0.1, 0.15) is 6.61 Å². The molecule has 2 unspecified atom stereocenters. The molecule has 0 saturated heterocycles. The first-order chi connectivity index (χ1) is 33.6. The van der Waals surface area contributed by atoms with Gasteiger partial charge in [-0.25, -0.2) is 4.79 Å². The number of unbranched alkanes of at least 4 members (excludes halogenated alkanes) is 10. The second-order valence-electron chi connectivity index (χ2n) is 18.4. The minimum absolute atomic E-state index is 0.0367. The first kappa shape index (κ1) is 64.5. The van der Waals surface area contributed by atoms with Gasteiger partial charge >= 0.3 is 17.9 Å². The van der Waals surface area contributed by atoms with Gasteiger partial charge in [0.15, 0.2) is 12.1 Å². The zero-order valence-corrected chi connectivity index (χ0v) is 44.2. The molecular formula is C61H98NO7+. The Labute approximate surface area is 422 Å². The van der Waals surface area contributed by atoms with Crippen molar-refractivity contribution in [3.63, 3.8) is 0 Å². The highest BCUT2D eigenvalue weighted by molar-refractivity contribution is 5.72. The van der Waals surface area contributed by atoms with Crippen LogP contribution in [-0.2, 0) is 28.6 Å². The van der Waals surface area contributed by atoms with E-state index >= 15 is 0 Å². The van der Waals surface area contributed by atoms with Crippen LogP contribution >= 0.6 is 0 Å². The number of likely N-dealkylation sites (N-methyl/N-ethyl adjacent to an activating group) is 1. The fourth-order valence-corrected chi connectivity index (χ4v) is 7.00. The van der Waals surface area contributed by atoms with E-state index in [1.54, 1.807) is 0 Å². The third-order valence-corrected chi connectivity index (χ3v) is 11.0. The summed E-state index contributed by atoms with van der Waals surface area (Å²) in [4.78, 5) is 37.2. The summed E-state index contributed by atoms with van der Waals surface area (Å²) in [5.41, 5.74) is 0. The Bertz CT molecular complexity index is 1580. The minimum Gasteiger partial charge on any atom is -0.477 e. The number of allylic oxidation sites excluding steroid dienone is 22. The molecule has 0 bridgehead atoms. The van der Waals surface area contributed by atoms with Crippen LogP contribution in [0.1, 0.15) is 181 Å². The van der Waals surface area contributed by atoms with Gasteiger partial charge in [-0.3, -0.25) is 9.59 Å². The summed E-state index contributed by atoms with van der Waals surface area (Å²) in [5, 5.41) is 9.67. The van der Waals surface area contributed by atoms with Crippen molar-refractivity contribution in [2.45, 2.75) is 193 Å². The Balaban J connectivity index is 4.35. The van der Waals surface area contributed by atoms with Crippen molar-refractivity contribution >= 4 is 17.9 Å². The second kappa shape index (κ2) is 49.9. The summed E-state index contributed by atoms with van der Waals surface area (Å²) in [6.45, 7) is 4.45. The van der Waals surface area contributed by atoms with Crippen LogP contribution in [0.5, 0.6) is 0 Å². The van der Waals surface area contributed by atoms with Crippen LogP contribution in [0.3, 0.4) is 0 Å². The van der Waals surface area contributed by atoms with E-state index in [0.29, 0.717) is 19.3 Å². The summed E-state index contributed by atoms with van der Waals surface area (Å²) in [6.07, 6.45) is 72.1. The van der Waals surface area contributed by atoms with Crippen LogP contribution in [0, 0.1) is 0 Å². The predicted octanol–water partition coefficient (Wildman–Crippen LogP) is 15.9. The number of carbonyl (C=O) groups excluding carboxylic acids is 2. The summed E-state index contributed by atoms with van der Waals surface area (Å²) >= 11 is 0. The summed E-state index contributed by atoms with van der Waals surface area (Å²) < 4.78 is 17.3. The maximum Gasteiger partial charge on any atom is 0.362 e. The maximum absolute atomic E-state index is 12.8. The zero-order chi connectivity index (χ0) is 50.6. The van der Waals surface area contributed by atoms with Gasteiger partial charge in [0.05, 0.1) is 34.4 Å². The molecule has 0 saturated carbocycles. The van der Waals surface area contributed by atoms with Crippen molar-refractivity contribution in [3.8, 4) is 0 Å². The summed E-state index contributed by atoms with van der Waals surface area (Å²) in [6, 6.07) is -0.632. The first-order valence-corrected chi connectivity index (χ1v) is 26.7. The van der Waals surface area contributed by atoms with Crippen LogP contribution in [-0.4, -0.2) is 80.6 Å². The highest BCUT2D eigenvalue weighted by Gasteiger charge is 2.31. The van der Waals surface area contributed by atoms with Crippen molar-refractivity contribution < 1.29 is 38.2 Å². The molecule has 0 aliphatic rings. The Morgan fingerprint density at radius 3 is 1.13 bits per heavy atom. The van der Waals surface area contributed by atoms with Crippen molar-refractivity contribution in [1.29, 1.82) is 0 Å². The second-order valence-corrected chi connectivity index (χ2v) is 18.4. The zero-order valence-electron chi connectivity index (χ0n) is 44.2. The van der Waals surface area contributed by atoms with Gasteiger partial charge in [-0.2, -0.15) is 0 Å². The SMILES string of the molecule is CC/C=C/C/C=C/C/C=C/C/C=C/C/C=C/C/C=C/CCCCCCC(=O)OCC(COCCC(C(=O)O)[N+](C)(C)C)OC(=O)CCCCCCCC/C=C/C/C=C/C/C=C/C/C=C/C/C=C/CC. The molecule has 1 N–H and O–H groups in total. The molecule has 0 aromatic heterocycles. The average molecular weight is 957 g/mol. The van der Waals surface area contributed by atoms with Gasteiger partial charge in [-0.05, 0) is 109 Å². The fraction of sp³-hybridized carbons (Fsp3) is 0.590. The van der Waals surface area contributed by atoms with Crippen molar-refractivity contribution in [2.75, 3.05) is 41.0 Å². The standard InChI is InChI=1S/C61H97NO7/c1-6-8-10-12-14-16-18-20-22-24-26-28-30-32-33-35-37-39-41-43-45-47-49-51-59(63)68-56-57(55-67-54-53-58(61(65)66)62(3,4)5)69-60(64)52-50-48-46-44-42-40-38-36-34-31-29-27-25-23-21-19-17-15-13-11-9-7-2/h8-11,14-17,20-23,26-29,32-34,36-37,39,57-58H,6-7,12-13,18-19,24-25,30-31,35,38,40-56H2,1-5H3/p+1/b10-8+,11-9+,16-14+,17-15+,22-20+,23-21+,28-26+,29-27+,33-32+,36-34+,39-37+. The summed E-state index contributed by atoms with van der Waals surface area (Å²) in [5.74, 6) is -1.54. The monoisotopic (exact) mass is 957 g/mol. The topological polar surface area (TPSA) is 99.1 Å². The van der Waals surface area contributed by atoms with Crippen molar-refractivity contribution in [3.05, 3.63) is 134 Å². The van der Waals surface area contributed by atoms with E-state index in [1.165, 1.54) is 12.8 Å². The molecule has 8 nitrogen and oxygen atoms in total. The van der Waals surface area contributed by atoms with E-state index in [0.717, 1.165) is 135 Å². The van der Waals surface area contributed by atoms with Crippen molar-refractivity contribution in [2.24, 2.45) is 0 Å². The van der Waals surface area contributed by atoms with Gasteiger partial charge in [0.2, 0.25) is 0 Å². The third-order valence-electron chi connectivity index (χ3n) is 11.0. The molecule has 0 rings (SSSR count). The molecule has 0 aromatic rings. The number of aliphatic carboxylic acids is 1. The lowest BCUT2D eigenvalue weighted by Gasteiger charge is -2.31. The van der Waals surface area contributed by atoms with Gasteiger partial charge in [-0.15, -0.1) is 0 Å². The number of ether oxygens (including phenoxy) is 3. The molecule has 0 heterocycles. The molecule has 0 amide bonds. The van der Waals surface area contributed by atoms with Gasteiger partial charge in [0.25, 0.3) is 0 Å². The van der Waals surface area contributed by atoms with Crippen LogP contribution in [0.2, 0.25) is 0 Å². The number of carboxylic acids is 1. The van der Waals surface area contributed by atoms with E-state index in [4.69, 9.17) is 14.2 Å². The number of rotatable bonds is 46. The molecule has 0 aliphatic heterocycles. The molecule has 8 heteroatoms. The van der Waals surface area contributed by atoms with E-state index < -0.39 is 18.1 Å². The molecule has 388 valence electrons. The first-order valence-electron chi connectivity index (χ1n) is 26.7. The lowest BCUT2D eigenvalue weighted by atomic mass is 10.1. The van der Waals surface area contributed by atoms with Crippen LogP contribution in [0.15, 0.2) is 134 Å². The van der Waals surface area contributed by atoms with E-state index in [-0.39, 0.29) is 36.2 Å². The quantitative estimate of drug-likeness (QED) is 0.0281. The van der Waals surface area contributed by atoms with Gasteiger partial charge < -0.3 is 23.8 Å². The Hall–Kier alpha value is -4.53. The highest BCUT2D eigenvalue weighted by atomic mass is 16.6. The Morgan fingerprint density at radius 2 is 0.768 bits per heavy atom. The largest absolute Gasteiger partial charge is 0.477 e. The molecule has 0 radical (unpaired) electrons. The van der Waals surface area contributed by atoms with Crippen molar-refractivity contribution in [1.82, 2.24) is 0 Å².